The molecule has 0 saturated heterocycles. The van der Waals surface area contributed by atoms with E-state index in [1.807, 2.05) is 0 Å². The van der Waals surface area contributed by atoms with Crippen LogP contribution in [0.15, 0.2) is 0 Å². The predicted octanol–water partition coefficient (Wildman–Crippen LogP) is -23.2. The zero-order valence-corrected chi connectivity index (χ0v) is 67.2. The van der Waals surface area contributed by atoms with Crippen molar-refractivity contribution in [3.8, 4) is 0 Å². The average molecular weight is 1490 g/mol. The zero-order valence-electron chi connectivity index (χ0n) is 48.3. The van der Waals surface area contributed by atoms with Crippen molar-refractivity contribution in [2.45, 2.75) is 93.1 Å². The molecule has 0 spiro atoms. The van der Waals surface area contributed by atoms with Crippen molar-refractivity contribution < 1.29 is 291 Å². The molecule has 490 valence electrons. The molecule has 0 rings (SSSR count). The second-order valence-corrected chi connectivity index (χ2v) is 34.4. The zero-order chi connectivity index (χ0) is 64.1. The van der Waals surface area contributed by atoms with Gasteiger partial charge in [0, 0.05) is 108 Å². The molecule has 30 N–H and O–H groups in total. The second kappa shape index (κ2) is 57.9. The summed E-state index contributed by atoms with van der Waals surface area (Å²) in [6.45, 7) is 2.03. The molecule has 0 saturated carbocycles. The van der Waals surface area contributed by atoms with Crippen molar-refractivity contribution >= 4 is 76.0 Å². The van der Waals surface area contributed by atoms with Gasteiger partial charge in [0.1, 0.15) is 19.2 Å². The molecule has 40 nitrogen and oxygen atoms in total. The largest absolute Gasteiger partial charge is 1.00 e. The van der Waals surface area contributed by atoms with Crippen LogP contribution in [0.3, 0.4) is 0 Å². The summed E-state index contributed by atoms with van der Waals surface area (Å²) in [5.41, 5.74) is 25.8. The Bertz CT molecular complexity index is 1800. The summed E-state index contributed by atoms with van der Waals surface area (Å²) in [5.74, 6) is -6.03. The van der Waals surface area contributed by atoms with Crippen LogP contribution in [0.1, 0.15) is 64.2 Å². The molecule has 0 radical (unpaired) electrons. The van der Waals surface area contributed by atoms with E-state index in [4.69, 9.17) is 102 Å². The van der Waals surface area contributed by atoms with Gasteiger partial charge in [-0.2, -0.15) is 0 Å². The van der Waals surface area contributed by atoms with Crippen molar-refractivity contribution in [3.63, 3.8) is 0 Å². The minimum atomic E-state index is -4.81. The smallest absolute Gasteiger partial charge is 0.810 e. The van der Waals surface area contributed by atoms with Gasteiger partial charge >= 0.3 is 201 Å². The molecule has 0 fully saturated rings. The fraction of sp³-hybridized carbons (Fsp3) is 1.00. The summed E-state index contributed by atoms with van der Waals surface area (Å²) in [6.07, 6.45) is -2.38. The molecule has 0 aliphatic carbocycles. The van der Waals surface area contributed by atoms with Crippen LogP contribution in [-0.4, -0.2) is 199 Å². The molecule has 85 heavy (non-hydrogen) atoms. The third-order valence-corrected chi connectivity index (χ3v) is 19.9. The van der Waals surface area contributed by atoms with Gasteiger partial charge in [0.25, 0.3) is 0 Å². The van der Waals surface area contributed by atoms with E-state index in [1.165, 1.54) is 0 Å². The number of rotatable bonds is 40. The van der Waals surface area contributed by atoms with E-state index < -0.39 is 123 Å². The van der Waals surface area contributed by atoms with Gasteiger partial charge < -0.3 is 167 Å². The molecule has 0 aromatic carbocycles. The molecule has 0 aromatic heterocycles. The van der Waals surface area contributed by atoms with E-state index in [9.17, 15) is 70.1 Å². The first-order valence-corrected chi connectivity index (χ1v) is 40.6. The standard InChI is InChI=1S/5C6H18N2O6P2.5Na/c5*7-3-4-8-6(16(12,13)14)2-1-5-15(9,10)11;;;;;/h5*6,8H,1-5,7H2,(H2,9,10,11)(H2,12,13,14);;;;;/q;;;;;5*+1/p-5. The second-order valence-electron chi connectivity index (χ2n) is 16.8. The van der Waals surface area contributed by atoms with Crippen LogP contribution in [0.2, 0.25) is 0 Å². The molecule has 0 aliphatic rings. The Morgan fingerprint density at radius 3 is 0.576 bits per heavy atom. The van der Waals surface area contributed by atoms with Gasteiger partial charge in [-0.1, -0.05) is 15.2 Å². The maximum atomic E-state index is 11.0. The van der Waals surface area contributed by atoms with E-state index >= 15 is 0 Å². The van der Waals surface area contributed by atoms with Crippen molar-refractivity contribution in [2.75, 3.05) is 96.3 Å². The molecule has 0 heterocycles. The summed E-state index contributed by atoms with van der Waals surface area (Å²) in [6, 6.07) is 0. The topological polar surface area (TPSA) is 780 Å². The minimum absolute atomic E-state index is 0. The first kappa shape index (κ1) is 112. The van der Waals surface area contributed by atoms with Crippen molar-refractivity contribution in [1.82, 2.24) is 26.6 Å². The van der Waals surface area contributed by atoms with Gasteiger partial charge in [-0.05, 0) is 64.2 Å². The number of nitrogens with two attached hydrogens (primary N) is 5. The maximum absolute atomic E-state index is 11.0. The summed E-state index contributed by atoms with van der Waals surface area (Å²) >= 11 is 0. The Labute approximate surface area is 604 Å². The molecular formula is C30H85N10Na5O30P10. The quantitative estimate of drug-likeness (QED) is 0.0200. The van der Waals surface area contributed by atoms with Crippen LogP contribution in [-0.2, 0) is 45.7 Å². The Morgan fingerprint density at radius 1 is 0.282 bits per heavy atom. The Morgan fingerprint density at radius 2 is 0.435 bits per heavy atom. The molecular weight excluding hydrogens is 1410 g/mol. The molecule has 0 aromatic rings. The maximum Gasteiger partial charge on any atom is 1.00 e. The third kappa shape index (κ3) is 84.3. The third-order valence-electron chi connectivity index (χ3n) is 9.23. The van der Waals surface area contributed by atoms with Gasteiger partial charge in [-0.15, -0.1) is 0 Å². The van der Waals surface area contributed by atoms with Crippen LogP contribution in [0.25, 0.3) is 0 Å². The van der Waals surface area contributed by atoms with Crippen molar-refractivity contribution in [1.29, 1.82) is 0 Å². The van der Waals surface area contributed by atoms with E-state index in [-0.39, 0.29) is 290 Å². The number of hydrogen-bond acceptors (Lipinski definition) is 25. The average Bonchev–Trinajstić information content (AvgIpc) is 3.23. The van der Waals surface area contributed by atoms with E-state index in [2.05, 4.69) is 26.6 Å². The van der Waals surface area contributed by atoms with Crippen molar-refractivity contribution in [3.05, 3.63) is 0 Å². The Hall–Kier alpha value is 6.10. The van der Waals surface area contributed by atoms with Crippen LogP contribution in [0.4, 0.5) is 0 Å². The van der Waals surface area contributed by atoms with Gasteiger partial charge in [-0.3, -0.25) is 32.0 Å². The van der Waals surface area contributed by atoms with E-state index in [0.29, 0.717) is 0 Å². The van der Waals surface area contributed by atoms with Gasteiger partial charge in [0.05, 0.1) is 5.78 Å². The Kier molecular flexibility index (Phi) is 76.7. The van der Waals surface area contributed by atoms with Crippen LogP contribution < -0.4 is 228 Å². The molecule has 55 heteroatoms. The predicted molar refractivity (Wildman–Crippen MR) is 284 cm³/mol. The summed E-state index contributed by atoms with van der Waals surface area (Å²) in [4.78, 5) is 184. The molecule has 0 aliphatic heterocycles. The number of nitrogens with one attached hydrogen (secondary N) is 5. The summed E-state index contributed by atoms with van der Waals surface area (Å²) in [7, 11) is -43.4. The normalized spacial score (nSPS) is 14.7. The Balaban J connectivity index is -0.000000102. The monoisotopic (exact) mass is 1490 g/mol. The van der Waals surface area contributed by atoms with Gasteiger partial charge in [-0.25, -0.2) is 0 Å². The van der Waals surface area contributed by atoms with Crippen LogP contribution in [0, 0.1) is 0 Å². The van der Waals surface area contributed by atoms with Gasteiger partial charge in [0.15, 0.2) is 0 Å². The fourth-order valence-electron chi connectivity index (χ4n) is 5.61. The van der Waals surface area contributed by atoms with E-state index in [1.54, 1.807) is 0 Å². The molecule has 6 atom stereocenters. The molecule has 0 amide bonds. The number of hydrogen-bond donors (Lipinski definition) is 25. The van der Waals surface area contributed by atoms with Crippen LogP contribution in [0.5, 0.6) is 0 Å². The summed E-state index contributed by atoms with van der Waals surface area (Å²) in [5, 5.41) is 12.5. The SMILES string of the molecule is NCCNC(CCCP(=O)(O)O)P(=O)(O)O.NCCNC(CCCP(=O)(O)O)P(=O)(O)O.NCCNC(CCCP(=O)(O)O)P(=O)([O-])O.NCCNC(CCCP(=O)(O)O)P(=O)([O-])[O-].NCCNC(CCCP(=O)(O)O)P(=O)([O-])[O-].[Na+].[Na+].[Na+].[Na+].[Na+]. The molecule has 0 bridgehead atoms. The minimum Gasteiger partial charge on any atom is -0.810 e. The van der Waals surface area contributed by atoms with Gasteiger partial charge in [0.2, 0.25) is 0 Å². The first-order chi connectivity index (χ1) is 35.8. The van der Waals surface area contributed by atoms with Crippen LogP contribution >= 0.6 is 76.0 Å². The first-order valence-electron chi connectivity index (χ1n) is 23.4. The van der Waals surface area contributed by atoms with E-state index in [0.717, 1.165) is 0 Å². The summed E-state index contributed by atoms with van der Waals surface area (Å²) < 4.78 is 107. The molecule has 6 unspecified atom stereocenters. The fourth-order valence-corrected chi connectivity index (χ4v) is 12.9. The van der Waals surface area contributed by atoms with Crippen molar-refractivity contribution in [2.24, 2.45) is 28.7 Å².